The zero-order valence-electron chi connectivity index (χ0n) is 46.0. The third-order valence-corrected chi connectivity index (χ3v) is 11.1. The molecule has 0 aliphatic rings. The van der Waals surface area contributed by atoms with Crippen LogP contribution in [0.15, 0.2) is 134 Å². The van der Waals surface area contributed by atoms with Gasteiger partial charge in [0.05, 0.1) is 34.4 Å². The van der Waals surface area contributed by atoms with Crippen molar-refractivity contribution in [1.82, 2.24) is 0 Å². The Labute approximate surface area is 439 Å². The SMILES string of the molecule is CC/C=C\C/C=C\C/C=C\C/C=C\C/C=C\C/C=C\C/C=C\C/C=C\C/C=C\C/C=C\CCCCCCCCC(=O)OC(COC(=O)CCCCCCC/C=C\CCC)COC(OCC[N+](C)(C)C)C(=O)O. The molecule has 72 heavy (non-hydrogen) atoms. The minimum atomic E-state index is -1.52. The summed E-state index contributed by atoms with van der Waals surface area (Å²) in [6.45, 7) is 4.63. The number of rotatable bonds is 49. The van der Waals surface area contributed by atoms with Crippen molar-refractivity contribution in [3.8, 4) is 0 Å². The van der Waals surface area contributed by atoms with Crippen molar-refractivity contribution in [2.45, 2.75) is 200 Å². The molecule has 2 atom stereocenters. The minimum absolute atomic E-state index is 0.176. The summed E-state index contributed by atoms with van der Waals surface area (Å²) in [4.78, 5) is 37.2. The lowest BCUT2D eigenvalue weighted by Crippen LogP contribution is -2.40. The first-order valence-corrected chi connectivity index (χ1v) is 27.8. The van der Waals surface area contributed by atoms with Gasteiger partial charge in [0.2, 0.25) is 0 Å². The molecule has 406 valence electrons. The van der Waals surface area contributed by atoms with E-state index >= 15 is 0 Å². The van der Waals surface area contributed by atoms with Gasteiger partial charge in [-0.3, -0.25) is 9.59 Å². The van der Waals surface area contributed by atoms with Gasteiger partial charge < -0.3 is 28.5 Å². The summed E-state index contributed by atoms with van der Waals surface area (Å²) < 4.78 is 22.7. The van der Waals surface area contributed by atoms with Gasteiger partial charge in [0.15, 0.2) is 6.10 Å². The van der Waals surface area contributed by atoms with Gasteiger partial charge in [-0.05, 0) is 109 Å². The van der Waals surface area contributed by atoms with Crippen molar-refractivity contribution in [3.05, 3.63) is 134 Å². The van der Waals surface area contributed by atoms with Gasteiger partial charge in [-0.15, -0.1) is 0 Å². The summed E-state index contributed by atoms with van der Waals surface area (Å²) in [5.41, 5.74) is 0. The van der Waals surface area contributed by atoms with Crippen molar-refractivity contribution >= 4 is 17.9 Å². The fourth-order valence-electron chi connectivity index (χ4n) is 6.86. The van der Waals surface area contributed by atoms with Crippen LogP contribution in [0.1, 0.15) is 187 Å². The molecule has 0 amide bonds. The monoisotopic (exact) mass is 1000 g/mol. The Morgan fingerprint density at radius 1 is 0.431 bits per heavy atom. The fourth-order valence-corrected chi connectivity index (χ4v) is 6.86. The van der Waals surface area contributed by atoms with Gasteiger partial charge in [-0.1, -0.05) is 199 Å². The second-order valence-corrected chi connectivity index (χ2v) is 19.2. The summed E-state index contributed by atoms with van der Waals surface area (Å²) in [6, 6.07) is 0. The molecule has 2 unspecified atom stereocenters. The first-order chi connectivity index (χ1) is 35.1. The summed E-state index contributed by atoms with van der Waals surface area (Å²) in [5, 5.41) is 9.66. The zero-order chi connectivity index (χ0) is 52.7. The molecule has 0 bridgehead atoms. The van der Waals surface area contributed by atoms with Crippen LogP contribution in [0, 0.1) is 0 Å². The van der Waals surface area contributed by atoms with E-state index in [1.807, 2.05) is 21.1 Å². The molecule has 0 saturated carbocycles. The minimum Gasteiger partial charge on any atom is -0.477 e. The van der Waals surface area contributed by atoms with Crippen LogP contribution in [0.2, 0.25) is 0 Å². The maximum absolute atomic E-state index is 12.8. The van der Waals surface area contributed by atoms with Crippen LogP contribution in [-0.2, 0) is 33.3 Å². The molecule has 0 aromatic rings. The van der Waals surface area contributed by atoms with Crippen LogP contribution < -0.4 is 0 Å². The maximum Gasteiger partial charge on any atom is 0.361 e. The first-order valence-electron chi connectivity index (χ1n) is 27.8. The topological polar surface area (TPSA) is 108 Å². The van der Waals surface area contributed by atoms with Gasteiger partial charge >= 0.3 is 17.9 Å². The van der Waals surface area contributed by atoms with Crippen LogP contribution in [0.25, 0.3) is 0 Å². The van der Waals surface area contributed by atoms with Gasteiger partial charge in [0.1, 0.15) is 13.2 Å². The molecule has 9 nitrogen and oxygen atoms in total. The number of carbonyl (C=O) groups excluding carboxylic acids is 2. The van der Waals surface area contributed by atoms with E-state index in [0.717, 1.165) is 148 Å². The number of unbranched alkanes of at least 4 members (excludes halogenated alkanes) is 12. The van der Waals surface area contributed by atoms with Crippen molar-refractivity contribution in [1.29, 1.82) is 0 Å². The quantitative estimate of drug-likeness (QED) is 0.0211. The summed E-state index contributed by atoms with van der Waals surface area (Å²) in [6.07, 6.45) is 72.6. The average molecular weight is 1000 g/mol. The molecule has 0 aliphatic heterocycles. The highest BCUT2D eigenvalue weighted by Gasteiger charge is 2.25. The molecule has 0 fully saturated rings. The molecule has 0 aromatic carbocycles. The maximum atomic E-state index is 12.8. The summed E-state index contributed by atoms with van der Waals surface area (Å²) >= 11 is 0. The van der Waals surface area contributed by atoms with Crippen LogP contribution in [0.4, 0.5) is 0 Å². The second-order valence-electron chi connectivity index (χ2n) is 19.2. The molecule has 9 heteroatoms. The number of esters is 2. The Balaban J connectivity index is 4.21. The number of ether oxygens (including phenoxy) is 4. The van der Waals surface area contributed by atoms with E-state index in [1.54, 1.807) is 0 Å². The number of hydrogen-bond donors (Lipinski definition) is 1. The van der Waals surface area contributed by atoms with E-state index in [4.69, 9.17) is 18.9 Å². The Bertz CT molecular complexity index is 1640. The Kier molecular flexibility index (Phi) is 49.4. The van der Waals surface area contributed by atoms with Crippen LogP contribution in [-0.4, -0.2) is 87.4 Å². The lowest BCUT2D eigenvalue weighted by atomic mass is 10.1. The largest absolute Gasteiger partial charge is 0.477 e. The number of hydrogen-bond acceptors (Lipinski definition) is 7. The summed E-state index contributed by atoms with van der Waals surface area (Å²) in [7, 11) is 5.94. The Hall–Kier alpha value is -4.57. The number of nitrogens with zero attached hydrogens (tertiary/aromatic N) is 1. The average Bonchev–Trinajstić information content (AvgIpc) is 3.35. The van der Waals surface area contributed by atoms with Crippen LogP contribution >= 0.6 is 0 Å². The molecule has 0 saturated heterocycles. The summed E-state index contributed by atoms with van der Waals surface area (Å²) in [5.74, 6) is -2.06. The van der Waals surface area contributed by atoms with Crippen LogP contribution in [0.3, 0.4) is 0 Å². The lowest BCUT2D eigenvalue weighted by molar-refractivity contribution is -0.870. The molecule has 0 heterocycles. The number of allylic oxidation sites excluding steroid dienone is 22. The third-order valence-electron chi connectivity index (χ3n) is 11.1. The molecule has 1 N–H and O–H groups in total. The van der Waals surface area contributed by atoms with Crippen molar-refractivity contribution in [2.75, 3.05) is 47.5 Å². The van der Waals surface area contributed by atoms with Crippen molar-refractivity contribution < 1.29 is 42.9 Å². The fraction of sp³-hybridized carbons (Fsp3) is 0.603. The normalized spacial score (nSPS) is 13.8. The highest BCUT2D eigenvalue weighted by Crippen LogP contribution is 2.13. The van der Waals surface area contributed by atoms with E-state index in [0.29, 0.717) is 17.4 Å². The molecule has 0 spiro atoms. The van der Waals surface area contributed by atoms with E-state index in [2.05, 4.69) is 148 Å². The first kappa shape index (κ1) is 67.4. The molecule has 0 radical (unpaired) electrons. The smallest absolute Gasteiger partial charge is 0.361 e. The number of likely N-dealkylation sites (N-methyl/N-ethyl adjacent to an activating group) is 1. The van der Waals surface area contributed by atoms with Crippen molar-refractivity contribution in [2.24, 2.45) is 0 Å². The van der Waals surface area contributed by atoms with Gasteiger partial charge in [-0.25, -0.2) is 4.79 Å². The predicted molar refractivity (Wildman–Crippen MR) is 304 cm³/mol. The number of carboxylic acids is 1. The highest BCUT2D eigenvalue weighted by atomic mass is 16.7. The standard InChI is InChI=1S/C63H101NO8/c1-6-8-10-12-14-16-18-19-20-21-22-23-24-25-26-27-28-29-30-31-32-33-34-35-36-37-38-39-40-41-42-43-44-46-48-50-52-54-61(66)72-59(58-71-63(62(67)68)69-56-55-64(3,4)5)57-70-60(65)53-51-49-47-45-17-15-13-11-9-7-2/h8,10-11,13-14,16,19-20,22-23,25-26,28-29,31-32,34-35,37-38,40-41,59,63H,6-7,9,12,15,17-18,21,24,27,30,33,36,39,42-58H2,1-5H3/p+1/b10-8-,13-11-,16-14-,20-19-,23-22-,26-25-,29-28-,32-31-,35-34-,38-37-,41-40-. The van der Waals surface area contributed by atoms with Crippen LogP contribution in [0.5, 0.6) is 0 Å². The Morgan fingerprint density at radius 3 is 1.19 bits per heavy atom. The van der Waals surface area contributed by atoms with Gasteiger partial charge in [0, 0.05) is 12.8 Å². The van der Waals surface area contributed by atoms with E-state index in [1.165, 1.54) is 6.42 Å². The number of carbonyl (C=O) groups is 3. The number of carboxylic acid groups (broad SMARTS) is 1. The highest BCUT2D eigenvalue weighted by molar-refractivity contribution is 5.71. The molecule has 0 rings (SSSR count). The lowest BCUT2D eigenvalue weighted by Gasteiger charge is -2.25. The van der Waals surface area contributed by atoms with Gasteiger partial charge in [-0.2, -0.15) is 0 Å². The molecule has 0 aliphatic carbocycles. The van der Waals surface area contributed by atoms with Crippen molar-refractivity contribution in [3.63, 3.8) is 0 Å². The van der Waals surface area contributed by atoms with E-state index in [-0.39, 0.29) is 38.6 Å². The predicted octanol–water partition coefficient (Wildman–Crippen LogP) is 16.3. The number of aliphatic carboxylic acids is 1. The zero-order valence-corrected chi connectivity index (χ0v) is 46.0. The molecular formula is C63H102NO8+. The van der Waals surface area contributed by atoms with E-state index in [9.17, 15) is 19.5 Å². The van der Waals surface area contributed by atoms with E-state index < -0.39 is 24.3 Å². The molecule has 0 aromatic heterocycles. The molecular weight excluding hydrogens is 899 g/mol. The number of quaternary nitrogens is 1. The Morgan fingerprint density at radius 2 is 0.792 bits per heavy atom. The second kappa shape index (κ2) is 52.7. The third kappa shape index (κ3) is 53.2. The van der Waals surface area contributed by atoms with Gasteiger partial charge in [0.25, 0.3) is 6.29 Å².